The van der Waals surface area contributed by atoms with E-state index in [0.717, 1.165) is 0 Å². The second kappa shape index (κ2) is 16.0. The third-order valence-electron chi connectivity index (χ3n) is 4.99. The molecule has 12 N–H and O–H groups in total. The predicted molar refractivity (Wildman–Crippen MR) is 134 cm³/mol. The molecule has 1 aromatic heterocycles. The average molecular weight is 544 g/mol. The maximum atomic E-state index is 13.1. The lowest BCUT2D eigenvalue weighted by atomic mass is 10.1. The Labute approximate surface area is 217 Å². The van der Waals surface area contributed by atoms with Crippen LogP contribution in [0.3, 0.4) is 0 Å². The van der Waals surface area contributed by atoms with Crippen LogP contribution in [0.15, 0.2) is 17.5 Å². The highest BCUT2D eigenvalue weighted by Crippen LogP contribution is 2.06. The fraction of sp³-hybridized carbons (Fsp3) is 0.550. The molecule has 37 heavy (non-hydrogen) atoms. The van der Waals surface area contributed by atoms with Crippen LogP contribution in [-0.2, 0) is 30.4 Å². The van der Waals surface area contributed by atoms with Crippen LogP contribution in [0, 0.1) is 0 Å². The van der Waals surface area contributed by atoms with E-state index in [1.807, 2.05) is 0 Å². The average Bonchev–Trinajstić information content (AvgIpc) is 3.34. The van der Waals surface area contributed by atoms with Crippen molar-refractivity contribution in [1.82, 2.24) is 25.9 Å². The highest BCUT2D eigenvalue weighted by atomic mass is 32.1. The number of nitrogens with zero attached hydrogens (tertiary/aromatic N) is 2. The number of aliphatic imine (C=N–C) groups is 1. The Morgan fingerprint density at radius 2 is 1.62 bits per heavy atom. The van der Waals surface area contributed by atoms with Gasteiger partial charge in [0.25, 0.3) is 0 Å². The third-order valence-corrected chi connectivity index (χ3v) is 5.38. The highest BCUT2D eigenvalue weighted by Gasteiger charge is 2.30. The molecule has 4 unspecified atom stereocenters. The quantitative estimate of drug-likeness (QED) is 0.0401. The molecule has 0 aliphatic heterocycles. The minimum atomic E-state index is -1.41. The van der Waals surface area contributed by atoms with Crippen LogP contribution in [0.1, 0.15) is 31.4 Å². The molecule has 0 aliphatic carbocycles. The topological polar surface area (TPSA) is 281 Å². The first-order valence-electron chi connectivity index (χ1n) is 11.2. The Kier molecular flexibility index (Phi) is 13.5. The number of aliphatic carboxylic acids is 2. The Morgan fingerprint density at radius 3 is 2.16 bits per heavy atom. The van der Waals surface area contributed by atoms with Crippen molar-refractivity contribution in [3.63, 3.8) is 0 Å². The minimum Gasteiger partial charge on any atom is -0.481 e. The zero-order valence-electron chi connectivity index (χ0n) is 19.9. The van der Waals surface area contributed by atoms with Gasteiger partial charge in [-0.1, -0.05) is 0 Å². The van der Waals surface area contributed by atoms with Gasteiger partial charge in [0.05, 0.1) is 12.4 Å². The molecule has 206 valence electrons. The van der Waals surface area contributed by atoms with Gasteiger partial charge in [-0.15, -0.1) is 0 Å². The number of carboxylic acids is 2. The number of hydrogen-bond donors (Lipinski definition) is 10. The number of carbonyl (C=O) groups excluding carboxylic acids is 3. The lowest BCUT2D eigenvalue weighted by Crippen LogP contribution is -2.57. The van der Waals surface area contributed by atoms with Crippen molar-refractivity contribution >= 4 is 48.2 Å². The molecule has 17 heteroatoms. The second-order valence-electron chi connectivity index (χ2n) is 7.97. The number of carbonyl (C=O) groups is 5. The van der Waals surface area contributed by atoms with Crippen molar-refractivity contribution in [2.45, 2.75) is 56.3 Å². The SMILES string of the molecule is NC(N)=NCCCC(NC(=O)C(CCC(=O)O)NC(=O)C(Cc1cnc[nH]1)NC(=O)C(N)CS)C(=O)O. The molecule has 0 fully saturated rings. The number of carboxylic acid groups (broad SMARTS) is 2. The Bertz CT molecular complexity index is 954. The number of imidazole rings is 1. The molecule has 4 atom stereocenters. The first-order valence-corrected chi connectivity index (χ1v) is 11.8. The van der Waals surface area contributed by atoms with E-state index in [0.29, 0.717) is 5.69 Å². The molecule has 0 radical (unpaired) electrons. The molecule has 0 saturated carbocycles. The fourth-order valence-corrected chi connectivity index (χ4v) is 3.20. The number of hydrogen-bond acceptors (Lipinski definition) is 9. The molecular weight excluding hydrogens is 510 g/mol. The summed E-state index contributed by atoms with van der Waals surface area (Å²) in [6.07, 6.45) is 2.11. The summed E-state index contributed by atoms with van der Waals surface area (Å²) >= 11 is 3.96. The first-order chi connectivity index (χ1) is 17.4. The molecule has 0 aromatic carbocycles. The van der Waals surface area contributed by atoms with Gasteiger partial charge in [-0.2, -0.15) is 12.6 Å². The Balaban J connectivity index is 3.01. The van der Waals surface area contributed by atoms with Gasteiger partial charge in [-0.05, 0) is 19.3 Å². The second-order valence-corrected chi connectivity index (χ2v) is 8.34. The summed E-state index contributed by atoms with van der Waals surface area (Å²) in [6.45, 7) is 0.130. The van der Waals surface area contributed by atoms with Gasteiger partial charge in [-0.25, -0.2) is 9.78 Å². The summed E-state index contributed by atoms with van der Waals surface area (Å²) < 4.78 is 0. The predicted octanol–water partition coefficient (Wildman–Crippen LogP) is -3.33. The van der Waals surface area contributed by atoms with Crippen molar-refractivity contribution in [1.29, 1.82) is 0 Å². The Morgan fingerprint density at radius 1 is 1.00 bits per heavy atom. The van der Waals surface area contributed by atoms with Crippen LogP contribution < -0.4 is 33.2 Å². The van der Waals surface area contributed by atoms with E-state index in [1.165, 1.54) is 12.5 Å². The summed E-state index contributed by atoms with van der Waals surface area (Å²) in [7, 11) is 0. The molecule has 3 amide bonds. The summed E-state index contributed by atoms with van der Waals surface area (Å²) in [6, 6.07) is -4.99. The van der Waals surface area contributed by atoms with Crippen molar-refractivity contribution in [2.24, 2.45) is 22.2 Å². The molecule has 0 aliphatic rings. The van der Waals surface area contributed by atoms with E-state index in [9.17, 15) is 29.1 Å². The Hall–Kier alpha value is -3.86. The van der Waals surface area contributed by atoms with E-state index in [2.05, 4.69) is 43.5 Å². The van der Waals surface area contributed by atoms with E-state index in [-0.39, 0.29) is 43.9 Å². The van der Waals surface area contributed by atoms with E-state index < -0.39 is 60.2 Å². The van der Waals surface area contributed by atoms with Crippen LogP contribution in [0.4, 0.5) is 0 Å². The number of nitrogens with two attached hydrogens (primary N) is 3. The zero-order valence-corrected chi connectivity index (χ0v) is 20.8. The van der Waals surface area contributed by atoms with E-state index >= 15 is 0 Å². The van der Waals surface area contributed by atoms with Crippen LogP contribution >= 0.6 is 12.6 Å². The number of rotatable bonds is 17. The van der Waals surface area contributed by atoms with Gasteiger partial charge >= 0.3 is 11.9 Å². The van der Waals surface area contributed by atoms with Crippen molar-refractivity contribution in [2.75, 3.05) is 12.3 Å². The third kappa shape index (κ3) is 12.1. The number of amides is 3. The maximum Gasteiger partial charge on any atom is 0.326 e. The molecule has 1 heterocycles. The van der Waals surface area contributed by atoms with Gasteiger partial charge in [0.15, 0.2) is 5.96 Å². The summed E-state index contributed by atoms with van der Waals surface area (Å²) in [5.74, 6) is -5.14. The molecule has 0 spiro atoms. The standard InChI is InChI=1S/C20H33N9O7S/c21-11(8-37)16(32)29-14(6-10-7-24-9-26-10)18(34)27-12(3-4-15(30)31)17(33)28-13(19(35)36)2-1-5-25-20(22)23/h7,9,11-14,37H,1-6,8,21H2,(H,24,26)(H,27,34)(H,28,33)(H,29,32)(H,30,31)(H,35,36)(H4,22,23,25). The summed E-state index contributed by atoms with van der Waals surface area (Å²) in [5, 5.41) is 25.7. The smallest absolute Gasteiger partial charge is 0.326 e. The van der Waals surface area contributed by atoms with Crippen LogP contribution in [-0.4, -0.2) is 92.3 Å². The molecular formula is C20H33N9O7S. The monoisotopic (exact) mass is 543 g/mol. The fourth-order valence-electron chi connectivity index (χ4n) is 3.03. The lowest BCUT2D eigenvalue weighted by Gasteiger charge is -2.24. The zero-order chi connectivity index (χ0) is 28.0. The number of aromatic nitrogens is 2. The molecule has 1 rings (SSSR count). The van der Waals surface area contributed by atoms with E-state index in [4.69, 9.17) is 22.3 Å². The van der Waals surface area contributed by atoms with Crippen molar-refractivity contribution < 1.29 is 34.2 Å². The van der Waals surface area contributed by atoms with Crippen molar-refractivity contribution in [3.05, 3.63) is 18.2 Å². The highest BCUT2D eigenvalue weighted by molar-refractivity contribution is 7.80. The van der Waals surface area contributed by atoms with E-state index in [1.54, 1.807) is 0 Å². The van der Waals surface area contributed by atoms with Crippen LogP contribution in [0.2, 0.25) is 0 Å². The molecule has 16 nitrogen and oxygen atoms in total. The summed E-state index contributed by atoms with van der Waals surface area (Å²) in [4.78, 5) is 71.4. The maximum absolute atomic E-state index is 13.1. The molecule has 0 bridgehead atoms. The first kappa shape index (κ1) is 31.2. The minimum absolute atomic E-state index is 0.00757. The van der Waals surface area contributed by atoms with Gasteiger partial charge in [0, 0.05) is 37.0 Å². The number of H-pyrrole nitrogens is 1. The van der Waals surface area contributed by atoms with Gasteiger partial charge < -0.3 is 48.3 Å². The summed E-state index contributed by atoms with van der Waals surface area (Å²) in [5.41, 5.74) is 16.6. The van der Waals surface area contributed by atoms with Crippen LogP contribution in [0.25, 0.3) is 0 Å². The van der Waals surface area contributed by atoms with Gasteiger partial charge in [-0.3, -0.25) is 24.2 Å². The number of aromatic amines is 1. The normalized spacial score (nSPS) is 13.9. The van der Waals surface area contributed by atoms with Crippen LogP contribution in [0.5, 0.6) is 0 Å². The van der Waals surface area contributed by atoms with Gasteiger partial charge in [0.2, 0.25) is 17.7 Å². The number of thiol groups is 1. The largest absolute Gasteiger partial charge is 0.481 e. The van der Waals surface area contributed by atoms with Crippen molar-refractivity contribution in [3.8, 4) is 0 Å². The lowest BCUT2D eigenvalue weighted by molar-refractivity contribution is -0.143. The number of guanidine groups is 1. The number of nitrogens with one attached hydrogen (secondary N) is 4. The van der Waals surface area contributed by atoms with Gasteiger partial charge in [0.1, 0.15) is 18.1 Å². The molecule has 0 saturated heterocycles. The molecule has 1 aromatic rings.